The van der Waals surface area contributed by atoms with E-state index in [1.165, 1.54) is 28.2 Å². The van der Waals surface area contributed by atoms with Crippen LogP contribution in [-0.4, -0.2) is 37.3 Å². The van der Waals surface area contributed by atoms with E-state index in [2.05, 4.69) is 25.6 Å². The fourth-order valence-electron chi connectivity index (χ4n) is 3.34. The second kappa shape index (κ2) is 7.43. The number of hydrogen-bond acceptors (Lipinski definition) is 6. The molecular formula is C20H14F2N6O2S. The number of thiophene rings is 1. The number of rotatable bonds is 5. The summed E-state index contributed by atoms with van der Waals surface area (Å²) in [5.41, 5.74) is 1.58. The molecule has 0 aliphatic rings. The first-order chi connectivity index (χ1) is 15.0. The normalized spacial score (nSPS) is 11.5. The molecule has 0 saturated heterocycles. The van der Waals surface area contributed by atoms with E-state index in [1.54, 1.807) is 30.6 Å². The molecule has 4 heterocycles. The quantitative estimate of drug-likeness (QED) is 0.420. The molecule has 0 aliphatic heterocycles. The van der Waals surface area contributed by atoms with Crippen LogP contribution in [0.3, 0.4) is 0 Å². The number of benzene rings is 1. The van der Waals surface area contributed by atoms with Crippen LogP contribution in [-0.2, 0) is 0 Å². The molecule has 156 valence electrons. The van der Waals surface area contributed by atoms with E-state index in [0.29, 0.717) is 16.9 Å². The summed E-state index contributed by atoms with van der Waals surface area (Å²) in [7, 11) is 0. The lowest BCUT2D eigenvalue weighted by molar-refractivity contribution is -0.0493. The molecule has 0 saturated carbocycles. The van der Waals surface area contributed by atoms with Gasteiger partial charge in [-0.3, -0.25) is 9.89 Å². The number of H-pyrrole nitrogens is 1. The van der Waals surface area contributed by atoms with Crippen LogP contribution in [0.5, 0.6) is 5.75 Å². The summed E-state index contributed by atoms with van der Waals surface area (Å²) >= 11 is 1.52. The third-order valence-electron chi connectivity index (χ3n) is 4.63. The van der Waals surface area contributed by atoms with Gasteiger partial charge in [0.2, 0.25) is 0 Å². The minimum atomic E-state index is -3.00. The van der Waals surface area contributed by atoms with Crippen LogP contribution in [0, 0.1) is 6.92 Å². The molecule has 0 atom stereocenters. The van der Waals surface area contributed by atoms with Crippen LogP contribution in [0.2, 0.25) is 0 Å². The number of ether oxygens (including phenoxy) is 1. The Morgan fingerprint density at radius 1 is 1.32 bits per heavy atom. The van der Waals surface area contributed by atoms with Crippen LogP contribution in [0.25, 0.3) is 27.0 Å². The molecule has 11 heteroatoms. The molecule has 31 heavy (non-hydrogen) atoms. The number of amides is 1. The van der Waals surface area contributed by atoms with Gasteiger partial charge in [0.1, 0.15) is 17.0 Å². The summed E-state index contributed by atoms with van der Waals surface area (Å²) in [5.74, 6) is -0.485. The van der Waals surface area contributed by atoms with Crippen molar-refractivity contribution in [2.45, 2.75) is 13.5 Å². The molecule has 0 spiro atoms. The lowest BCUT2D eigenvalue weighted by atomic mass is 10.1. The number of carbonyl (C=O) groups excluding carboxylic acids is 1. The molecule has 1 aromatic carbocycles. The van der Waals surface area contributed by atoms with E-state index in [4.69, 9.17) is 4.74 Å². The van der Waals surface area contributed by atoms with Gasteiger partial charge in [0.25, 0.3) is 5.91 Å². The minimum absolute atomic E-state index is 0.0273. The molecule has 0 fully saturated rings. The van der Waals surface area contributed by atoms with E-state index in [0.717, 1.165) is 15.0 Å². The van der Waals surface area contributed by atoms with Crippen molar-refractivity contribution in [3.8, 4) is 17.0 Å². The molecule has 0 radical (unpaired) electrons. The van der Waals surface area contributed by atoms with Crippen LogP contribution >= 0.6 is 11.3 Å². The van der Waals surface area contributed by atoms with Gasteiger partial charge in [-0.05, 0) is 36.6 Å². The van der Waals surface area contributed by atoms with E-state index in [-0.39, 0.29) is 17.0 Å². The van der Waals surface area contributed by atoms with Crippen LogP contribution < -0.4 is 10.1 Å². The number of nitrogens with one attached hydrogen (secondary N) is 2. The molecule has 0 bridgehead atoms. The Morgan fingerprint density at radius 2 is 2.19 bits per heavy atom. The van der Waals surface area contributed by atoms with E-state index in [1.807, 2.05) is 13.0 Å². The first-order valence-corrected chi connectivity index (χ1v) is 9.94. The maximum absolute atomic E-state index is 13.1. The predicted molar refractivity (Wildman–Crippen MR) is 112 cm³/mol. The fraction of sp³-hybridized carbons (Fsp3) is 0.100. The first kappa shape index (κ1) is 19.1. The Hall–Kier alpha value is -3.86. The Morgan fingerprint density at radius 3 is 3.03 bits per heavy atom. The lowest BCUT2D eigenvalue weighted by Crippen LogP contribution is -2.12. The average Bonchev–Trinajstić information content (AvgIpc) is 3.44. The van der Waals surface area contributed by atoms with Gasteiger partial charge in [0.05, 0.1) is 11.9 Å². The Balaban J connectivity index is 1.55. The maximum atomic E-state index is 13.1. The number of aryl methyl sites for hydroxylation is 1. The first-order valence-electron chi connectivity index (χ1n) is 9.12. The van der Waals surface area contributed by atoms with Gasteiger partial charge >= 0.3 is 6.61 Å². The third-order valence-corrected chi connectivity index (χ3v) is 5.64. The largest absolute Gasteiger partial charge is 0.434 e. The monoisotopic (exact) mass is 440 g/mol. The molecule has 0 unspecified atom stereocenters. The number of aromatic amines is 1. The lowest BCUT2D eigenvalue weighted by Gasteiger charge is -2.11. The highest BCUT2D eigenvalue weighted by Crippen LogP contribution is 2.40. The van der Waals surface area contributed by atoms with Crippen molar-refractivity contribution in [3.05, 3.63) is 59.5 Å². The molecule has 1 amide bonds. The highest BCUT2D eigenvalue weighted by Gasteiger charge is 2.21. The summed E-state index contributed by atoms with van der Waals surface area (Å²) in [6.07, 6.45) is 6.11. The second-order valence-electron chi connectivity index (χ2n) is 6.67. The van der Waals surface area contributed by atoms with Gasteiger partial charge < -0.3 is 10.1 Å². The van der Waals surface area contributed by atoms with E-state index in [9.17, 15) is 13.6 Å². The van der Waals surface area contributed by atoms with Crippen LogP contribution in [0.1, 0.15) is 15.2 Å². The molecule has 4 aromatic heterocycles. The number of halogens is 2. The van der Waals surface area contributed by atoms with Gasteiger partial charge in [-0.1, -0.05) is 0 Å². The zero-order chi connectivity index (χ0) is 21.5. The van der Waals surface area contributed by atoms with E-state index >= 15 is 0 Å². The second-order valence-corrected chi connectivity index (χ2v) is 7.96. The predicted octanol–water partition coefficient (Wildman–Crippen LogP) is 4.50. The molecule has 5 rings (SSSR count). The molecule has 5 aromatic rings. The molecule has 0 aliphatic carbocycles. The topological polar surface area (TPSA) is 97.2 Å². The fourth-order valence-corrected chi connectivity index (χ4v) is 4.29. The smallest absolute Gasteiger partial charge is 0.387 e. The summed E-state index contributed by atoms with van der Waals surface area (Å²) in [6, 6.07) is 6.87. The van der Waals surface area contributed by atoms with Gasteiger partial charge in [0, 0.05) is 33.7 Å². The van der Waals surface area contributed by atoms with Crippen molar-refractivity contribution < 1.29 is 18.3 Å². The Kier molecular flexibility index (Phi) is 4.59. The highest BCUT2D eigenvalue weighted by molar-refractivity contribution is 7.19. The number of nitrogens with zero attached hydrogens (tertiary/aromatic N) is 4. The highest BCUT2D eigenvalue weighted by atomic mass is 32.1. The summed E-state index contributed by atoms with van der Waals surface area (Å²) < 4.78 is 33.2. The molecule has 2 N–H and O–H groups in total. The number of carbonyl (C=O) groups is 1. The Labute approximate surface area is 177 Å². The summed E-state index contributed by atoms with van der Waals surface area (Å²) in [4.78, 5) is 18.1. The average molecular weight is 440 g/mol. The van der Waals surface area contributed by atoms with Crippen molar-refractivity contribution in [1.29, 1.82) is 0 Å². The molecular weight excluding hydrogens is 426 g/mol. The van der Waals surface area contributed by atoms with Crippen LogP contribution in [0.4, 0.5) is 14.5 Å². The number of aromatic nitrogens is 5. The summed E-state index contributed by atoms with van der Waals surface area (Å²) in [6.45, 7) is -1.07. The number of anilines is 1. The Bertz CT molecular complexity index is 1420. The summed E-state index contributed by atoms with van der Waals surface area (Å²) in [5, 5.41) is 14.5. The standard InChI is InChI=1S/C20H14F2N6O2S/c1-10-5-11-6-15(30-20(21)22)12(7-16(11)31-10)17-14(9-24-27-17)26-19(29)13-8-25-28-4-2-3-23-18(13)28/h2-9,20H,1H3,(H,24,27)(H,26,29). The van der Waals surface area contributed by atoms with Crippen molar-refractivity contribution in [3.63, 3.8) is 0 Å². The van der Waals surface area contributed by atoms with Gasteiger partial charge in [-0.2, -0.15) is 19.0 Å². The zero-order valence-corrected chi connectivity index (χ0v) is 16.8. The number of fused-ring (bicyclic) bond motifs is 2. The SMILES string of the molecule is Cc1cc2cc(OC(F)F)c(-c3n[nH]cc3NC(=O)c3cnn4cccnc34)cc2s1. The maximum Gasteiger partial charge on any atom is 0.387 e. The minimum Gasteiger partial charge on any atom is -0.434 e. The van der Waals surface area contributed by atoms with Crippen LogP contribution in [0.15, 0.2) is 49.1 Å². The molecule has 8 nitrogen and oxygen atoms in total. The van der Waals surface area contributed by atoms with Gasteiger partial charge in [-0.15, -0.1) is 11.3 Å². The van der Waals surface area contributed by atoms with Crippen molar-refractivity contribution in [2.75, 3.05) is 5.32 Å². The van der Waals surface area contributed by atoms with Crippen molar-refractivity contribution >= 4 is 38.7 Å². The van der Waals surface area contributed by atoms with E-state index < -0.39 is 12.5 Å². The van der Waals surface area contributed by atoms with Gasteiger partial charge in [-0.25, -0.2) is 9.50 Å². The third kappa shape index (κ3) is 3.48. The van der Waals surface area contributed by atoms with Gasteiger partial charge in [0.15, 0.2) is 5.65 Å². The van der Waals surface area contributed by atoms with Crippen molar-refractivity contribution in [2.24, 2.45) is 0 Å². The number of alkyl halides is 2. The van der Waals surface area contributed by atoms with Crippen molar-refractivity contribution in [1.82, 2.24) is 24.8 Å². The zero-order valence-electron chi connectivity index (χ0n) is 16.0. The number of hydrogen-bond donors (Lipinski definition) is 2.